The largest absolute Gasteiger partial charge is 0.469 e. The number of aryl methyl sites for hydroxylation is 1. The molecule has 1 saturated carbocycles. The van der Waals surface area contributed by atoms with Gasteiger partial charge in [0, 0.05) is 34.0 Å². The Labute approximate surface area is 227 Å². The van der Waals surface area contributed by atoms with Crippen molar-refractivity contribution < 1.29 is 9.53 Å². The van der Waals surface area contributed by atoms with Crippen molar-refractivity contribution in [2.24, 2.45) is 17.8 Å². The number of hydrogen-bond acceptors (Lipinski definition) is 5. The van der Waals surface area contributed by atoms with Gasteiger partial charge in [0.15, 0.2) is 0 Å². The van der Waals surface area contributed by atoms with Crippen LogP contribution in [0.3, 0.4) is 0 Å². The van der Waals surface area contributed by atoms with E-state index in [-0.39, 0.29) is 23.7 Å². The molecule has 1 N–H and O–H groups in total. The van der Waals surface area contributed by atoms with Crippen molar-refractivity contribution in [2.75, 3.05) is 7.11 Å². The second kappa shape index (κ2) is 11.2. The number of rotatable bonds is 6. The van der Waals surface area contributed by atoms with Crippen molar-refractivity contribution in [1.82, 2.24) is 14.8 Å². The molecule has 2 aromatic rings. The fraction of sp³-hybridized carbons (Fsp3) is 0.500. The van der Waals surface area contributed by atoms with Gasteiger partial charge in [-0.25, -0.2) is 4.68 Å². The minimum Gasteiger partial charge on any atom is -0.469 e. The molecule has 0 amide bonds. The van der Waals surface area contributed by atoms with Gasteiger partial charge in [-0.05, 0) is 69.1 Å². The van der Waals surface area contributed by atoms with E-state index in [4.69, 9.17) is 20.2 Å². The van der Waals surface area contributed by atoms with E-state index in [1.807, 2.05) is 16.8 Å². The molecule has 0 bridgehead atoms. The monoisotopic (exact) mass is 514 g/mol. The topological polar surface area (TPSA) is 80.9 Å². The lowest BCUT2D eigenvalue weighted by atomic mass is 9.73. The average molecular weight is 515 g/mol. The van der Waals surface area contributed by atoms with E-state index < -0.39 is 0 Å². The number of carbonyl (C=O) groups is 1. The molecule has 202 valence electrons. The molecule has 0 saturated heterocycles. The lowest BCUT2D eigenvalue weighted by Gasteiger charge is -2.32. The summed E-state index contributed by atoms with van der Waals surface area (Å²) >= 11 is 0. The number of carbonyl (C=O) groups excluding carboxylic acids is 1. The number of esters is 1. The van der Waals surface area contributed by atoms with E-state index in [1.165, 1.54) is 12.7 Å². The van der Waals surface area contributed by atoms with Crippen molar-refractivity contribution in [1.29, 1.82) is 5.41 Å². The first-order chi connectivity index (χ1) is 18.0. The molecule has 0 spiro atoms. The SMILES string of the molecule is COC(=O)C1CCC(c2ccc(-n3nc(C4=CC=CC(=N)/C4=C\C(C)C)c(C(C)C)c3C)c(C)n2)C[C@H]1C. The Balaban J connectivity index is 1.71. The number of nitrogens with zero attached hydrogens (tertiary/aromatic N) is 3. The Morgan fingerprint density at radius 3 is 2.53 bits per heavy atom. The highest BCUT2D eigenvalue weighted by Gasteiger charge is 2.34. The van der Waals surface area contributed by atoms with Crippen LogP contribution in [0.5, 0.6) is 0 Å². The van der Waals surface area contributed by atoms with E-state index >= 15 is 0 Å². The quantitative estimate of drug-likeness (QED) is 0.412. The minimum atomic E-state index is -0.0912. The summed E-state index contributed by atoms with van der Waals surface area (Å²) in [4.78, 5) is 17.2. The second-order valence-corrected chi connectivity index (χ2v) is 11.5. The Morgan fingerprint density at radius 2 is 1.92 bits per heavy atom. The van der Waals surface area contributed by atoms with Crippen molar-refractivity contribution >= 4 is 17.3 Å². The first-order valence-corrected chi connectivity index (χ1v) is 13.9. The van der Waals surface area contributed by atoms with Crippen LogP contribution in [0.4, 0.5) is 0 Å². The molecule has 1 fully saturated rings. The van der Waals surface area contributed by atoms with E-state index in [9.17, 15) is 4.79 Å². The van der Waals surface area contributed by atoms with Gasteiger partial charge in [-0.3, -0.25) is 9.78 Å². The fourth-order valence-corrected chi connectivity index (χ4v) is 6.11. The van der Waals surface area contributed by atoms with Gasteiger partial charge in [0.2, 0.25) is 0 Å². The van der Waals surface area contributed by atoms with Crippen LogP contribution in [0.15, 0.2) is 42.0 Å². The molecule has 2 unspecified atom stereocenters. The highest BCUT2D eigenvalue weighted by Crippen LogP contribution is 2.40. The molecule has 0 radical (unpaired) electrons. The van der Waals surface area contributed by atoms with Crippen molar-refractivity contribution in [3.8, 4) is 5.69 Å². The van der Waals surface area contributed by atoms with E-state index in [0.717, 1.165) is 58.9 Å². The third kappa shape index (κ3) is 5.31. The first-order valence-electron chi connectivity index (χ1n) is 13.9. The predicted molar refractivity (Wildman–Crippen MR) is 154 cm³/mol. The van der Waals surface area contributed by atoms with Crippen LogP contribution < -0.4 is 0 Å². The summed E-state index contributed by atoms with van der Waals surface area (Å²) in [7, 11) is 1.48. The molecule has 38 heavy (non-hydrogen) atoms. The molecule has 2 heterocycles. The van der Waals surface area contributed by atoms with Crippen molar-refractivity contribution in [3.05, 3.63) is 70.3 Å². The smallest absolute Gasteiger partial charge is 0.308 e. The van der Waals surface area contributed by atoms with E-state index in [0.29, 0.717) is 17.5 Å². The summed E-state index contributed by atoms with van der Waals surface area (Å²) in [6.45, 7) is 15.0. The molecule has 0 aliphatic heterocycles. The zero-order valence-electron chi connectivity index (χ0n) is 24.1. The summed E-state index contributed by atoms with van der Waals surface area (Å²) < 4.78 is 7.04. The van der Waals surface area contributed by atoms with Gasteiger partial charge in [-0.15, -0.1) is 0 Å². The summed E-state index contributed by atoms with van der Waals surface area (Å²) in [5, 5.41) is 13.7. The van der Waals surface area contributed by atoms with Crippen LogP contribution in [-0.2, 0) is 9.53 Å². The first kappa shape index (κ1) is 27.7. The maximum Gasteiger partial charge on any atom is 0.308 e. The van der Waals surface area contributed by atoms with Crippen molar-refractivity contribution in [3.63, 3.8) is 0 Å². The van der Waals surface area contributed by atoms with Crippen LogP contribution in [0, 0.1) is 37.0 Å². The molecule has 3 atom stereocenters. The highest BCUT2D eigenvalue weighted by molar-refractivity contribution is 6.19. The maximum absolute atomic E-state index is 12.1. The summed E-state index contributed by atoms with van der Waals surface area (Å²) in [6, 6.07) is 4.28. The summed E-state index contributed by atoms with van der Waals surface area (Å²) in [6.07, 6.45) is 10.8. The van der Waals surface area contributed by atoms with Gasteiger partial charge in [0.05, 0.1) is 35.8 Å². The zero-order chi connectivity index (χ0) is 27.7. The van der Waals surface area contributed by atoms with Gasteiger partial charge in [-0.1, -0.05) is 52.8 Å². The number of nitrogens with one attached hydrogen (secondary N) is 1. The Morgan fingerprint density at radius 1 is 1.18 bits per heavy atom. The number of allylic oxidation sites excluding steroid dienone is 6. The molecular weight excluding hydrogens is 472 g/mol. The standard InChI is InChI=1S/C32H42N4O2/c1-18(2)16-26-25(10-9-11-27(26)33)31-30(19(3)4)22(7)36(35-31)29-15-14-28(34-21(29)6)23-12-13-24(20(5)17-23)32(37)38-8/h9-11,14-16,18-20,23-24,33H,12-13,17H2,1-8H3/b26-16-,33-27?/t20-,23?,24?/m1/s1. The third-order valence-electron chi connectivity index (χ3n) is 8.00. The average Bonchev–Trinajstić information content (AvgIpc) is 3.21. The predicted octanol–water partition coefficient (Wildman–Crippen LogP) is 7.26. The molecule has 6 nitrogen and oxygen atoms in total. The van der Waals surface area contributed by atoms with Crippen LogP contribution >= 0.6 is 0 Å². The lowest BCUT2D eigenvalue weighted by molar-refractivity contribution is -0.148. The number of aromatic nitrogens is 3. The summed E-state index contributed by atoms with van der Waals surface area (Å²) in [5.74, 6) is 1.11. The van der Waals surface area contributed by atoms with E-state index in [2.05, 4.69) is 72.8 Å². The van der Waals surface area contributed by atoms with Crippen LogP contribution in [0.25, 0.3) is 11.3 Å². The van der Waals surface area contributed by atoms with Crippen molar-refractivity contribution in [2.45, 2.75) is 79.6 Å². The number of pyridine rings is 1. The highest BCUT2D eigenvalue weighted by atomic mass is 16.5. The number of hydrogen-bond donors (Lipinski definition) is 1. The molecule has 4 rings (SSSR count). The third-order valence-corrected chi connectivity index (χ3v) is 8.00. The van der Waals surface area contributed by atoms with Gasteiger partial charge in [0.1, 0.15) is 0 Å². The van der Waals surface area contributed by atoms with Gasteiger partial charge < -0.3 is 10.1 Å². The van der Waals surface area contributed by atoms with Gasteiger partial charge in [0.25, 0.3) is 0 Å². The van der Waals surface area contributed by atoms with Crippen LogP contribution in [-0.4, -0.2) is 33.6 Å². The lowest BCUT2D eigenvalue weighted by Crippen LogP contribution is -2.29. The number of methoxy groups -OCH3 is 1. The fourth-order valence-electron chi connectivity index (χ4n) is 6.11. The molecule has 0 aromatic carbocycles. The normalized spacial score (nSPS) is 22.9. The van der Waals surface area contributed by atoms with Gasteiger partial charge >= 0.3 is 5.97 Å². The maximum atomic E-state index is 12.1. The van der Waals surface area contributed by atoms with Gasteiger partial charge in [-0.2, -0.15) is 5.10 Å². The molecular formula is C32H42N4O2. The molecule has 2 aromatic heterocycles. The number of ether oxygens (including phenoxy) is 1. The van der Waals surface area contributed by atoms with E-state index in [1.54, 1.807) is 0 Å². The van der Waals surface area contributed by atoms with Crippen LogP contribution in [0.1, 0.15) is 94.1 Å². The van der Waals surface area contributed by atoms with Crippen LogP contribution in [0.2, 0.25) is 0 Å². The Kier molecular flexibility index (Phi) is 8.19. The summed E-state index contributed by atoms with van der Waals surface area (Å²) in [5.41, 5.74) is 8.73. The second-order valence-electron chi connectivity index (χ2n) is 11.5. The molecule has 6 heteroatoms. The minimum absolute atomic E-state index is 0.0173. The molecule has 2 aliphatic carbocycles. The Hall–Kier alpha value is -3.28. The Bertz CT molecular complexity index is 1330. The molecule has 2 aliphatic rings. The zero-order valence-corrected chi connectivity index (χ0v) is 24.1.